The van der Waals surface area contributed by atoms with Crippen molar-refractivity contribution in [2.45, 2.75) is 44.9 Å². The molecule has 1 unspecified atom stereocenters. The van der Waals surface area contributed by atoms with Crippen LogP contribution in [0.1, 0.15) is 32.3 Å². The van der Waals surface area contributed by atoms with E-state index in [1.807, 2.05) is 4.90 Å². The monoisotopic (exact) mass is 320 g/mol. The average molecular weight is 321 g/mol. The number of hydrogen-bond acceptors (Lipinski definition) is 2. The Hall–Kier alpha value is -0.940. The molecule has 1 aromatic rings. The molecule has 0 spiro atoms. The summed E-state index contributed by atoms with van der Waals surface area (Å²) in [6.07, 6.45) is -2.40. The Balaban J connectivity index is 2.18. The first-order chi connectivity index (χ1) is 9.77. The van der Waals surface area contributed by atoms with Gasteiger partial charge in [-0.05, 0) is 31.0 Å². The largest absolute Gasteiger partial charge is 0.417 e. The Morgan fingerprint density at radius 2 is 2.05 bits per heavy atom. The van der Waals surface area contributed by atoms with Gasteiger partial charge in [0, 0.05) is 30.9 Å². The van der Waals surface area contributed by atoms with Crippen LogP contribution in [0.4, 0.5) is 18.9 Å². The number of anilines is 1. The highest BCUT2D eigenvalue weighted by molar-refractivity contribution is 6.31. The van der Waals surface area contributed by atoms with E-state index >= 15 is 0 Å². The summed E-state index contributed by atoms with van der Waals surface area (Å²) in [6.45, 7) is 5.64. The highest BCUT2D eigenvalue weighted by Gasteiger charge is 2.34. The van der Waals surface area contributed by atoms with Crippen LogP contribution in [-0.4, -0.2) is 25.2 Å². The molecule has 1 N–H and O–H groups in total. The van der Waals surface area contributed by atoms with Crippen LogP contribution < -0.4 is 10.2 Å². The molecule has 1 aliphatic rings. The molecule has 1 fully saturated rings. The van der Waals surface area contributed by atoms with E-state index in [9.17, 15) is 13.2 Å². The van der Waals surface area contributed by atoms with Gasteiger partial charge in [0.15, 0.2) is 0 Å². The van der Waals surface area contributed by atoms with E-state index in [1.165, 1.54) is 6.07 Å². The Kier molecular flexibility index (Phi) is 5.04. The Morgan fingerprint density at radius 1 is 1.33 bits per heavy atom. The quantitative estimate of drug-likeness (QED) is 0.892. The molecular formula is C15H20ClF3N2. The predicted octanol–water partition coefficient (Wildman–Crippen LogP) is 4.33. The van der Waals surface area contributed by atoms with Crippen molar-refractivity contribution in [3.05, 3.63) is 28.8 Å². The first kappa shape index (κ1) is 16.4. The molecule has 118 valence electrons. The summed E-state index contributed by atoms with van der Waals surface area (Å²) in [4.78, 5) is 2.00. The van der Waals surface area contributed by atoms with Gasteiger partial charge < -0.3 is 10.2 Å². The number of halogens is 4. The third-order valence-electron chi connectivity index (χ3n) is 3.61. The number of rotatable bonds is 3. The number of benzene rings is 1. The molecule has 1 atom stereocenters. The van der Waals surface area contributed by atoms with Gasteiger partial charge in [-0.1, -0.05) is 25.4 Å². The average Bonchev–Trinajstić information content (AvgIpc) is 2.37. The van der Waals surface area contributed by atoms with Crippen LogP contribution in [0.15, 0.2) is 18.2 Å². The second-order valence-electron chi connectivity index (χ2n) is 5.77. The fraction of sp³-hybridized carbons (Fsp3) is 0.600. The maximum Gasteiger partial charge on any atom is 0.417 e. The van der Waals surface area contributed by atoms with Crippen molar-refractivity contribution in [1.82, 2.24) is 5.32 Å². The molecule has 1 heterocycles. The van der Waals surface area contributed by atoms with Gasteiger partial charge >= 0.3 is 6.18 Å². The minimum absolute atomic E-state index is 0.250. The molecule has 6 heteroatoms. The third-order valence-corrected chi connectivity index (χ3v) is 3.94. The predicted molar refractivity (Wildman–Crippen MR) is 80.0 cm³/mol. The molecule has 0 radical (unpaired) electrons. The van der Waals surface area contributed by atoms with Crippen LogP contribution in [-0.2, 0) is 6.18 Å². The number of nitrogens with zero attached hydrogens (tertiary/aromatic N) is 1. The Morgan fingerprint density at radius 3 is 2.67 bits per heavy atom. The van der Waals surface area contributed by atoms with E-state index in [-0.39, 0.29) is 5.02 Å². The van der Waals surface area contributed by atoms with Crippen molar-refractivity contribution >= 4 is 17.3 Å². The highest BCUT2D eigenvalue weighted by Crippen LogP contribution is 2.37. The summed E-state index contributed by atoms with van der Waals surface area (Å²) < 4.78 is 38.8. The summed E-state index contributed by atoms with van der Waals surface area (Å²) in [7, 11) is 0. The van der Waals surface area contributed by atoms with E-state index in [2.05, 4.69) is 19.2 Å². The highest BCUT2D eigenvalue weighted by atomic mass is 35.5. The zero-order chi connectivity index (χ0) is 15.6. The molecule has 0 amide bonds. The van der Waals surface area contributed by atoms with Crippen LogP contribution >= 0.6 is 11.6 Å². The van der Waals surface area contributed by atoms with Gasteiger partial charge in [0.2, 0.25) is 0 Å². The van der Waals surface area contributed by atoms with Crippen LogP contribution in [0.3, 0.4) is 0 Å². The second kappa shape index (κ2) is 6.44. The summed E-state index contributed by atoms with van der Waals surface area (Å²) in [6, 6.07) is 4.82. The van der Waals surface area contributed by atoms with E-state index in [0.717, 1.165) is 32.0 Å². The molecule has 21 heavy (non-hydrogen) atoms. The molecule has 0 saturated carbocycles. The van der Waals surface area contributed by atoms with Crippen LogP contribution in [0.25, 0.3) is 0 Å². The SMILES string of the molecule is CC(C)NC1CCCN(c2ccc(Cl)c(C(F)(F)F)c2)C1. The standard InChI is InChI=1S/C15H20ClF3N2/c1-10(2)20-11-4-3-7-21(9-11)12-5-6-14(16)13(8-12)15(17,18)19/h5-6,8,10-11,20H,3-4,7,9H2,1-2H3. The smallest absolute Gasteiger partial charge is 0.370 e. The van der Waals surface area contributed by atoms with Crippen LogP contribution in [0, 0.1) is 0 Å². The first-order valence-corrected chi connectivity index (χ1v) is 7.53. The van der Waals surface area contributed by atoms with Gasteiger partial charge in [0.25, 0.3) is 0 Å². The number of alkyl halides is 3. The van der Waals surface area contributed by atoms with E-state index in [1.54, 1.807) is 6.07 Å². The summed E-state index contributed by atoms with van der Waals surface area (Å²) in [5.74, 6) is 0. The molecule has 0 bridgehead atoms. The summed E-state index contributed by atoms with van der Waals surface area (Å²) in [5, 5.41) is 3.20. The van der Waals surface area contributed by atoms with Gasteiger partial charge in [-0.2, -0.15) is 13.2 Å². The zero-order valence-corrected chi connectivity index (χ0v) is 12.9. The van der Waals surface area contributed by atoms with Crippen molar-refractivity contribution in [2.75, 3.05) is 18.0 Å². The van der Waals surface area contributed by atoms with E-state index in [4.69, 9.17) is 11.6 Å². The molecule has 2 rings (SSSR count). The van der Waals surface area contributed by atoms with Crippen molar-refractivity contribution < 1.29 is 13.2 Å². The lowest BCUT2D eigenvalue weighted by molar-refractivity contribution is -0.137. The van der Waals surface area contributed by atoms with Crippen molar-refractivity contribution in [1.29, 1.82) is 0 Å². The summed E-state index contributed by atoms with van der Waals surface area (Å²) in [5.41, 5.74) is -0.178. The van der Waals surface area contributed by atoms with Gasteiger partial charge in [0.1, 0.15) is 0 Å². The minimum atomic E-state index is -4.42. The fourth-order valence-electron chi connectivity index (χ4n) is 2.75. The van der Waals surface area contributed by atoms with Gasteiger partial charge in [-0.25, -0.2) is 0 Å². The fourth-order valence-corrected chi connectivity index (χ4v) is 2.97. The van der Waals surface area contributed by atoms with Gasteiger partial charge in [-0.3, -0.25) is 0 Å². The minimum Gasteiger partial charge on any atom is -0.370 e. The zero-order valence-electron chi connectivity index (χ0n) is 12.2. The van der Waals surface area contributed by atoms with Crippen molar-refractivity contribution in [3.63, 3.8) is 0 Å². The van der Waals surface area contributed by atoms with Crippen molar-refractivity contribution in [3.8, 4) is 0 Å². The number of nitrogens with one attached hydrogen (secondary N) is 1. The molecule has 0 aliphatic carbocycles. The number of hydrogen-bond donors (Lipinski definition) is 1. The van der Waals surface area contributed by atoms with E-state index in [0.29, 0.717) is 17.8 Å². The molecule has 1 saturated heterocycles. The lowest BCUT2D eigenvalue weighted by atomic mass is 10.0. The van der Waals surface area contributed by atoms with Gasteiger partial charge in [0.05, 0.1) is 10.6 Å². The van der Waals surface area contributed by atoms with E-state index < -0.39 is 11.7 Å². The second-order valence-corrected chi connectivity index (χ2v) is 6.18. The summed E-state index contributed by atoms with van der Waals surface area (Å²) >= 11 is 5.67. The molecule has 2 nitrogen and oxygen atoms in total. The molecule has 0 aromatic heterocycles. The lowest BCUT2D eigenvalue weighted by Gasteiger charge is -2.36. The van der Waals surface area contributed by atoms with Gasteiger partial charge in [-0.15, -0.1) is 0 Å². The molecule has 1 aliphatic heterocycles. The lowest BCUT2D eigenvalue weighted by Crippen LogP contribution is -2.47. The maximum atomic E-state index is 12.9. The number of piperidine rings is 1. The first-order valence-electron chi connectivity index (χ1n) is 7.15. The third kappa shape index (κ3) is 4.27. The molecule has 1 aromatic carbocycles. The Bertz CT molecular complexity index is 488. The normalized spacial score (nSPS) is 20.1. The topological polar surface area (TPSA) is 15.3 Å². The van der Waals surface area contributed by atoms with Crippen LogP contribution in [0.2, 0.25) is 5.02 Å². The molecular weight excluding hydrogens is 301 g/mol. The Labute approximate surface area is 128 Å². The maximum absolute atomic E-state index is 12.9. The van der Waals surface area contributed by atoms with Crippen LogP contribution in [0.5, 0.6) is 0 Å². The van der Waals surface area contributed by atoms with Crippen molar-refractivity contribution in [2.24, 2.45) is 0 Å².